The van der Waals surface area contributed by atoms with Crippen molar-refractivity contribution < 1.29 is 18.4 Å². The van der Waals surface area contributed by atoms with Crippen molar-refractivity contribution in [2.24, 2.45) is 5.41 Å². The third-order valence-corrected chi connectivity index (χ3v) is 5.95. The van der Waals surface area contributed by atoms with Crippen molar-refractivity contribution in [1.29, 1.82) is 0 Å². The summed E-state index contributed by atoms with van der Waals surface area (Å²) in [5.74, 6) is -3.38. The Kier molecular flexibility index (Phi) is 4.18. The van der Waals surface area contributed by atoms with Gasteiger partial charge in [0.25, 0.3) is 11.8 Å². The van der Waals surface area contributed by atoms with Gasteiger partial charge in [-0.3, -0.25) is 9.59 Å². The molecular weight excluding hydrogens is 376 g/mol. The molecule has 1 aromatic carbocycles. The summed E-state index contributed by atoms with van der Waals surface area (Å²) in [5.41, 5.74) is 0.0491. The average molecular weight is 396 g/mol. The highest BCUT2D eigenvalue weighted by Crippen LogP contribution is 2.65. The molecule has 5 nitrogen and oxygen atoms in total. The van der Waals surface area contributed by atoms with Gasteiger partial charge in [-0.05, 0) is 37.1 Å². The van der Waals surface area contributed by atoms with Crippen molar-refractivity contribution in [3.63, 3.8) is 0 Å². The lowest BCUT2D eigenvalue weighted by molar-refractivity contribution is -0.132. The maximum atomic E-state index is 13.6. The Balaban J connectivity index is 1.45. The highest BCUT2D eigenvalue weighted by Gasteiger charge is 2.73. The molecule has 1 aliphatic heterocycles. The number of H-pyrrole nitrogens is 1. The number of fused-ring (bicyclic) bond motifs is 1. The third kappa shape index (κ3) is 3.08. The molecule has 0 unspecified atom stereocenters. The van der Waals surface area contributed by atoms with Crippen LogP contribution in [0.5, 0.6) is 0 Å². The minimum absolute atomic E-state index is 0.0656. The second kappa shape index (κ2) is 6.19. The lowest BCUT2D eigenvalue weighted by atomic mass is 10.1. The maximum Gasteiger partial charge on any atom is 0.268 e. The quantitative estimate of drug-likeness (QED) is 0.830. The minimum Gasteiger partial charge on any atom is -0.351 e. The molecule has 2 amide bonds. The molecule has 2 aromatic rings. The summed E-state index contributed by atoms with van der Waals surface area (Å²) in [6.07, 6.45) is 0.556. The number of amides is 2. The highest BCUT2D eigenvalue weighted by molar-refractivity contribution is 6.31. The zero-order chi connectivity index (χ0) is 19.4. The summed E-state index contributed by atoms with van der Waals surface area (Å²) in [7, 11) is 0. The lowest BCUT2D eigenvalue weighted by Crippen LogP contribution is -2.47. The first-order chi connectivity index (χ1) is 12.7. The Hall–Kier alpha value is -2.15. The molecule has 0 radical (unpaired) electrons. The van der Waals surface area contributed by atoms with Crippen LogP contribution in [0.15, 0.2) is 24.3 Å². The number of nitrogens with one attached hydrogen (secondary N) is 2. The van der Waals surface area contributed by atoms with E-state index in [0.717, 1.165) is 10.9 Å². The van der Waals surface area contributed by atoms with Crippen LogP contribution in [-0.4, -0.2) is 46.8 Å². The van der Waals surface area contributed by atoms with Crippen molar-refractivity contribution in [2.45, 2.75) is 38.2 Å². The van der Waals surface area contributed by atoms with Crippen molar-refractivity contribution in [1.82, 2.24) is 15.2 Å². The zero-order valence-corrected chi connectivity index (χ0v) is 15.6. The van der Waals surface area contributed by atoms with E-state index in [-0.39, 0.29) is 18.9 Å². The Labute approximate surface area is 160 Å². The van der Waals surface area contributed by atoms with Gasteiger partial charge in [-0.15, -0.1) is 0 Å². The van der Waals surface area contributed by atoms with Crippen LogP contribution in [0.4, 0.5) is 8.78 Å². The first-order valence-electron chi connectivity index (χ1n) is 9.00. The van der Waals surface area contributed by atoms with E-state index < -0.39 is 23.3 Å². The van der Waals surface area contributed by atoms with Crippen LogP contribution in [0.1, 0.15) is 36.7 Å². The van der Waals surface area contributed by atoms with Gasteiger partial charge in [0.1, 0.15) is 11.7 Å². The average Bonchev–Trinajstić information content (AvgIpc) is 3.01. The fourth-order valence-electron chi connectivity index (χ4n) is 3.90. The normalized spacial score (nSPS) is 24.4. The van der Waals surface area contributed by atoms with E-state index >= 15 is 0 Å². The van der Waals surface area contributed by atoms with Gasteiger partial charge < -0.3 is 15.2 Å². The monoisotopic (exact) mass is 395 g/mol. The molecule has 2 fully saturated rings. The van der Waals surface area contributed by atoms with Gasteiger partial charge >= 0.3 is 0 Å². The molecule has 2 heterocycles. The molecule has 4 rings (SSSR count). The second-order valence-corrected chi connectivity index (χ2v) is 7.96. The molecular formula is C19H20ClF2N3O2. The number of aromatic amines is 1. The van der Waals surface area contributed by atoms with Crippen LogP contribution in [0.25, 0.3) is 10.9 Å². The SMILES string of the molecule is CC[C@H](NC(=O)c1cc2cc(Cl)ccc2[nH]1)C(=O)N1CC[C@@]2(C1)CC2(F)F. The number of hydrogen-bond acceptors (Lipinski definition) is 2. The Morgan fingerprint density at radius 3 is 2.74 bits per heavy atom. The largest absolute Gasteiger partial charge is 0.351 e. The topological polar surface area (TPSA) is 65.2 Å². The molecule has 2 atom stereocenters. The molecule has 8 heteroatoms. The molecule has 1 saturated heterocycles. The zero-order valence-electron chi connectivity index (χ0n) is 14.8. The van der Waals surface area contributed by atoms with Gasteiger partial charge in [-0.25, -0.2) is 8.78 Å². The van der Waals surface area contributed by atoms with Gasteiger partial charge in [0.15, 0.2) is 0 Å². The third-order valence-electron chi connectivity index (χ3n) is 5.72. The van der Waals surface area contributed by atoms with Crippen LogP contribution in [0, 0.1) is 5.41 Å². The molecule has 144 valence electrons. The summed E-state index contributed by atoms with van der Waals surface area (Å²) in [5, 5.41) is 4.08. The molecule has 1 saturated carbocycles. The summed E-state index contributed by atoms with van der Waals surface area (Å²) >= 11 is 5.96. The van der Waals surface area contributed by atoms with Crippen molar-refractivity contribution in [3.05, 3.63) is 35.0 Å². The first-order valence-corrected chi connectivity index (χ1v) is 9.38. The van der Waals surface area contributed by atoms with E-state index in [1.807, 2.05) is 0 Å². The van der Waals surface area contributed by atoms with E-state index in [1.165, 1.54) is 4.90 Å². The van der Waals surface area contributed by atoms with Gasteiger partial charge in [-0.2, -0.15) is 0 Å². The number of alkyl halides is 2. The van der Waals surface area contributed by atoms with E-state index in [0.29, 0.717) is 30.1 Å². The number of carbonyl (C=O) groups is 2. The Bertz CT molecular complexity index is 929. The predicted molar refractivity (Wildman–Crippen MR) is 98.0 cm³/mol. The fraction of sp³-hybridized carbons (Fsp3) is 0.474. The van der Waals surface area contributed by atoms with E-state index in [4.69, 9.17) is 11.6 Å². The molecule has 1 aliphatic carbocycles. The van der Waals surface area contributed by atoms with E-state index in [2.05, 4.69) is 10.3 Å². The molecule has 2 N–H and O–H groups in total. The van der Waals surface area contributed by atoms with Gasteiger partial charge in [-0.1, -0.05) is 18.5 Å². The summed E-state index contributed by atoms with van der Waals surface area (Å²) in [4.78, 5) is 29.7. The van der Waals surface area contributed by atoms with Crippen molar-refractivity contribution in [2.75, 3.05) is 13.1 Å². The van der Waals surface area contributed by atoms with Crippen molar-refractivity contribution >= 4 is 34.3 Å². The van der Waals surface area contributed by atoms with Crippen LogP contribution in [0.2, 0.25) is 5.02 Å². The van der Waals surface area contributed by atoms with Gasteiger partial charge in [0.05, 0.1) is 5.41 Å². The fourth-order valence-corrected chi connectivity index (χ4v) is 4.09. The molecule has 2 aliphatic rings. The molecule has 1 spiro atoms. The van der Waals surface area contributed by atoms with Crippen LogP contribution >= 0.6 is 11.6 Å². The first kappa shape index (κ1) is 18.2. The standard InChI is InChI=1S/C19H20ClF2N3O2/c1-2-13(17(27)25-6-5-18(10-25)9-19(18,21)22)24-16(26)15-8-11-7-12(20)3-4-14(11)23-15/h3-4,7-8,13,23H,2,5-6,9-10H2,1H3,(H,24,26)/t13-,18-/m0/s1. The number of halogens is 3. The number of benzene rings is 1. The smallest absolute Gasteiger partial charge is 0.268 e. The maximum absolute atomic E-state index is 13.6. The lowest BCUT2D eigenvalue weighted by Gasteiger charge is -2.23. The van der Waals surface area contributed by atoms with Gasteiger partial charge in [0, 0.05) is 35.4 Å². The van der Waals surface area contributed by atoms with Crippen LogP contribution in [-0.2, 0) is 4.79 Å². The van der Waals surface area contributed by atoms with E-state index in [1.54, 1.807) is 31.2 Å². The second-order valence-electron chi connectivity index (χ2n) is 7.52. The summed E-state index contributed by atoms with van der Waals surface area (Å²) < 4.78 is 27.1. The Morgan fingerprint density at radius 1 is 1.37 bits per heavy atom. The minimum atomic E-state index is -2.67. The molecule has 27 heavy (non-hydrogen) atoms. The number of likely N-dealkylation sites (tertiary alicyclic amines) is 1. The van der Waals surface area contributed by atoms with Crippen LogP contribution < -0.4 is 5.32 Å². The number of aromatic nitrogens is 1. The van der Waals surface area contributed by atoms with Crippen molar-refractivity contribution in [3.8, 4) is 0 Å². The number of carbonyl (C=O) groups excluding carboxylic acids is 2. The Morgan fingerprint density at radius 2 is 2.11 bits per heavy atom. The number of rotatable bonds is 4. The van der Waals surface area contributed by atoms with Crippen LogP contribution in [0.3, 0.4) is 0 Å². The van der Waals surface area contributed by atoms with Gasteiger partial charge in [0.2, 0.25) is 5.91 Å². The highest BCUT2D eigenvalue weighted by atomic mass is 35.5. The number of hydrogen-bond donors (Lipinski definition) is 2. The molecule has 1 aromatic heterocycles. The number of nitrogens with zero attached hydrogens (tertiary/aromatic N) is 1. The summed E-state index contributed by atoms with van der Waals surface area (Å²) in [6, 6.07) is 6.17. The predicted octanol–water partition coefficient (Wildman–Crippen LogP) is 3.59. The summed E-state index contributed by atoms with van der Waals surface area (Å²) in [6.45, 7) is 2.16. The van der Waals surface area contributed by atoms with E-state index in [9.17, 15) is 18.4 Å². The molecule has 0 bridgehead atoms.